The molecule has 0 aromatic heterocycles. The minimum absolute atomic E-state index is 0.0614. The predicted molar refractivity (Wildman–Crippen MR) is 119 cm³/mol. The Balaban J connectivity index is 1.54. The average molecular weight is 414 g/mol. The molecule has 4 rings (SSSR count). The quantitative estimate of drug-likeness (QED) is 0.551. The first-order chi connectivity index (χ1) is 14.0. The molecule has 1 aliphatic heterocycles. The van der Waals surface area contributed by atoms with Gasteiger partial charge in [0.25, 0.3) is 0 Å². The van der Waals surface area contributed by atoms with E-state index in [2.05, 4.69) is 36.9 Å². The first-order valence-corrected chi connectivity index (χ1v) is 11.4. The molecule has 0 amide bonds. The van der Waals surface area contributed by atoms with Gasteiger partial charge in [0.05, 0.1) is 11.6 Å². The van der Waals surface area contributed by atoms with Crippen molar-refractivity contribution in [3.8, 4) is 11.5 Å². The van der Waals surface area contributed by atoms with Crippen molar-refractivity contribution in [1.29, 1.82) is 0 Å². The number of hydrogen-bond donors (Lipinski definition) is 0. The maximum absolute atomic E-state index is 6.68. The molecule has 2 aromatic carbocycles. The Bertz CT molecular complexity index is 858. The van der Waals surface area contributed by atoms with Crippen molar-refractivity contribution in [3.63, 3.8) is 0 Å². The van der Waals surface area contributed by atoms with Crippen molar-refractivity contribution in [2.24, 2.45) is 5.92 Å². The lowest BCUT2D eigenvalue weighted by Crippen LogP contribution is -2.32. The lowest BCUT2D eigenvalue weighted by molar-refractivity contribution is 0.182. The van der Waals surface area contributed by atoms with Crippen molar-refractivity contribution in [2.75, 3.05) is 19.7 Å². The van der Waals surface area contributed by atoms with Gasteiger partial charge in [0.2, 0.25) is 0 Å². The van der Waals surface area contributed by atoms with E-state index < -0.39 is 0 Å². The van der Waals surface area contributed by atoms with Crippen LogP contribution in [-0.4, -0.2) is 24.6 Å². The summed E-state index contributed by atoms with van der Waals surface area (Å²) >= 11 is 6.68. The first-order valence-electron chi connectivity index (χ1n) is 11.0. The second-order valence-corrected chi connectivity index (χ2v) is 8.98. The molecule has 4 heteroatoms. The summed E-state index contributed by atoms with van der Waals surface area (Å²) in [5, 5.41) is 0.676. The Morgan fingerprint density at radius 1 is 1.10 bits per heavy atom. The van der Waals surface area contributed by atoms with Crippen LogP contribution in [0.1, 0.15) is 61.5 Å². The number of fused-ring (bicyclic) bond motifs is 1. The van der Waals surface area contributed by atoms with Crippen molar-refractivity contribution in [3.05, 3.63) is 57.6 Å². The van der Waals surface area contributed by atoms with Gasteiger partial charge in [-0.2, -0.15) is 0 Å². The van der Waals surface area contributed by atoms with E-state index in [4.69, 9.17) is 21.1 Å². The molecular weight excluding hydrogens is 382 g/mol. The molecule has 29 heavy (non-hydrogen) atoms. The van der Waals surface area contributed by atoms with Gasteiger partial charge in [-0.3, -0.25) is 4.90 Å². The van der Waals surface area contributed by atoms with Crippen LogP contribution < -0.4 is 9.47 Å². The van der Waals surface area contributed by atoms with Crippen molar-refractivity contribution >= 4 is 11.6 Å². The van der Waals surface area contributed by atoms with Crippen LogP contribution in [0.2, 0.25) is 5.02 Å². The highest BCUT2D eigenvalue weighted by Gasteiger charge is 2.26. The minimum atomic E-state index is 0.0614. The van der Waals surface area contributed by atoms with Crippen LogP contribution in [0.25, 0.3) is 0 Å². The Morgan fingerprint density at radius 3 is 2.66 bits per heavy atom. The van der Waals surface area contributed by atoms with Crippen molar-refractivity contribution in [1.82, 2.24) is 4.90 Å². The van der Waals surface area contributed by atoms with E-state index in [0.717, 1.165) is 55.5 Å². The molecule has 0 radical (unpaired) electrons. The van der Waals surface area contributed by atoms with E-state index in [-0.39, 0.29) is 6.10 Å². The van der Waals surface area contributed by atoms with Gasteiger partial charge < -0.3 is 9.47 Å². The Hall–Kier alpha value is -1.71. The summed E-state index contributed by atoms with van der Waals surface area (Å²) in [7, 11) is 0. The van der Waals surface area contributed by atoms with Gasteiger partial charge in [0.15, 0.2) is 0 Å². The Labute approximate surface area is 180 Å². The van der Waals surface area contributed by atoms with E-state index >= 15 is 0 Å². The fourth-order valence-electron chi connectivity index (χ4n) is 4.62. The Morgan fingerprint density at radius 2 is 1.90 bits per heavy atom. The van der Waals surface area contributed by atoms with Gasteiger partial charge in [-0.25, -0.2) is 0 Å². The summed E-state index contributed by atoms with van der Waals surface area (Å²) in [6.07, 6.45) is 4.65. The largest absolute Gasteiger partial charge is 0.493 e. The molecule has 0 unspecified atom stereocenters. The third kappa shape index (κ3) is 4.57. The van der Waals surface area contributed by atoms with Gasteiger partial charge in [0.1, 0.15) is 17.6 Å². The number of ether oxygens (including phenoxy) is 2. The molecule has 1 aliphatic carbocycles. The van der Waals surface area contributed by atoms with Crippen LogP contribution in [0.5, 0.6) is 11.5 Å². The zero-order valence-corrected chi connectivity index (χ0v) is 18.6. The SMILES string of the molecule is CCOc1cc(O[C@H]2CCc3c(C)cccc32)c(Cl)cc1CN1CCC(C)CC1. The topological polar surface area (TPSA) is 21.7 Å². The zero-order valence-electron chi connectivity index (χ0n) is 17.8. The lowest BCUT2D eigenvalue weighted by atomic mass is 9.99. The van der Waals surface area contributed by atoms with Gasteiger partial charge in [0, 0.05) is 18.2 Å². The van der Waals surface area contributed by atoms with Crippen LogP contribution in [0.3, 0.4) is 0 Å². The Kier molecular flexibility index (Phi) is 6.36. The summed E-state index contributed by atoms with van der Waals surface area (Å²) in [5.74, 6) is 2.45. The highest BCUT2D eigenvalue weighted by molar-refractivity contribution is 6.32. The van der Waals surface area contributed by atoms with E-state index in [9.17, 15) is 0 Å². The fourth-order valence-corrected chi connectivity index (χ4v) is 4.85. The van der Waals surface area contributed by atoms with Crippen molar-refractivity contribution < 1.29 is 9.47 Å². The van der Waals surface area contributed by atoms with Gasteiger partial charge in [-0.15, -0.1) is 0 Å². The standard InChI is InChI=1S/C25H32ClNO2/c1-4-28-24-15-25(29-23-9-8-20-18(3)6-5-7-21(20)23)22(26)14-19(24)16-27-12-10-17(2)11-13-27/h5-7,14-15,17,23H,4,8-13,16H2,1-3H3/t23-/m0/s1. The van der Waals surface area contributed by atoms with Crippen LogP contribution in [0, 0.1) is 12.8 Å². The molecule has 3 nitrogen and oxygen atoms in total. The number of likely N-dealkylation sites (tertiary alicyclic amines) is 1. The summed E-state index contributed by atoms with van der Waals surface area (Å²) in [5.41, 5.74) is 5.22. The second kappa shape index (κ2) is 8.97. The predicted octanol–water partition coefficient (Wildman–Crippen LogP) is 6.35. The van der Waals surface area contributed by atoms with Crippen LogP contribution >= 0.6 is 11.6 Å². The molecule has 2 aromatic rings. The number of piperidine rings is 1. The van der Waals surface area contributed by atoms with Crippen molar-refractivity contribution in [2.45, 2.75) is 59.1 Å². The molecule has 0 N–H and O–H groups in total. The molecule has 2 aliphatic rings. The lowest BCUT2D eigenvalue weighted by Gasteiger charge is -2.30. The smallest absolute Gasteiger partial charge is 0.142 e. The van der Waals surface area contributed by atoms with Gasteiger partial charge in [-0.05, 0) is 81.3 Å². The molecule has 0 bridgehead atoms. The molecule has 0 saturated carbocycles. The number of benzene rings is 2. The normalized spacial score (nSPS) is 19.9. The second-order valence-electron chi connectivity index (χ2n) is 8.57. The van der Waals surface area contributed by atoms with E-state index in [1.165, 1.54) is 29.5 Å². The van der Waals surface area contributed by atoms with E-state index in [1.54, 1.807) is 0 Å². The molecule has 1 fully saturated rings. The number of rotatable bonds is 6. The summed E-state index contributed by atoms with van der Waals surface area (Å²) in [6.45, 7) is 10.3. The van der Waals surface area contributed by atoms with Crippen LogP contribution in [0.4, 0.5) is 0 Å². The maximum Gasteiger partial charge on any atom is 0.142 e. The maximum atomic E-state index is 6.68. The van der Waals surface area contributed by atoms with E-state index in [1.807, 2.05) is 19.1 Å². The molecule has 156 valence electrons. The number of halogens is 1. The highest BCUT2D eigenvalue weighted by atomic mass is 35.5. The third-order valence-corrected chi connectivity index (χ3v) is 6.70. The molecule has 0 spiro atoms. The summed E-state index contributed by atoms with van der Waals surface area (Å²) in [6, 6.07) is 10.5. The van der Waals surface area contributed by atoms with Crippen LogP contribution in [-0.2, 0) is 13.0 Å². The number of nitrogens with zero attached hydrogens (tertiary/aromatic N) is 1. The third-order valence-electron chi connectivity index (χ3n) is 6.40. The number of aryl methyl sites for hydroxylation is 1. The minimum Gasteiger partial charge on any atom is -0.493 e. The van der Waals surface area contributed by atoms with Crippen LogP contribution in [0.15, 0.2) is 30.3 Å². The van der Waals surface area contributed by atoms with E-state index in [0.29, 0.717) is 11.6 Å². The molecule has 1 saturated heterocycles. The average Bonchev–Trinajstić information content (AvgIpc) is 3.11. The molecular formula is C25H32ClNO2. The highest BCUT2D eigenvalue weighted by Crippen LogP contribution is 2.41. The van der Waals surface area contributed by atoms with Gasteiger partial charge in [-0.1, -0.05) is 36.7 Å². The number of hydrogen-bond acceptors (Lipinski definition) is 3. The first kappa shape index (κ1) is 20.6. The van der Waals surface area contributed by atoms with Gasteiger partial charge >= 0.3 is 0 Å². The summed E-state index contributed by atoms with van der Waals surface area (Å²) < 4.78 is 12.4. The summed E-state index contributed by atoms with van der Waals surface area (Å²) in [4.78, 5) is 2.50. The molecule has 1 atom stereocenters. The monoisotopic (exact) mass is 413 g/mol. The fraction of sp³-hybridized carbons (Fsp3) is 0.520. The molecule has 1 heterocycles. The zero-order chi connectivity index (χ0) is 20.4.